The van der Waals surface area contributed by atoms with E-state index in [-0.39, 0.29) is 22.8 Å². The highest BCUT2D eigenvalue weighted by Crippen LogP contribution is 2.37. The van der Waals surface area contributed by atoms with Crippen LogP contribution in [0.2, 0.25) is 0 Å². The SMILES string of the molecule is O=C(COC(=O)c1cccc(S(=O)(=O)N2CCc3ccccc3C2)c1)c1ccc2c(c1)-c1ccccc1C2. The molecule has 0 saturated heterocycles. The highest BCUT2D eigenvalue weighted by Gasteiger charge is 2.29. The molecule has 4 aromatic rings. The molecular weight excluding hydrogens is 498 g/mol. The number of ketones is 1. The van der Waals surface area contributed by atoms with Gasteiger partial charge in [-0.1, -0.05) is 66.7 Å². The van der Waals surface area contributed by atoms with Gasteiger partial charge in [-0.3, -0.25) is 4.79 Å². The maximum absolute atomic E-state index is 13.3. The molecule has 6 nitrogen and oxygen atoms in total. The first-order chi connectivity index (χ1) is 18.4. The van der Waals surface area contributed by atoms with Crippen LogP contribution in [0.15, 0.2) is 95.9 Å². The molecule has 38 heavy (non-hydrogen) atoms. The van der Waals surface area contributed by atoms with E-state index < -0.39 is 22.6 Å². The normalized spacial score (nSPS) is 14.3. The third-order valence-corrected chi connectivity index (χ3v) is 9.10. The minimum atomic E-state index is -3.81. The first-order valence-corrected chi connectivity index (χ1v) is 13.9. The number of sulfonamides is 1. The summed E-state index contributed by atoms with van der Waals surface area (Å²) in [5, 5.41) is 0. The predicted octanol–water partition coefficient (Wildman–Crippen LogP) is 5.04. The van der Waals surface area contributed by atoms with Crippen molar-refractivity contribution in [1.29, 1.82) is 0 Å². The summed E-state index contributed by atoms with van der Waals surface area (Å²) in [6, 6.07) is 27.2. The van der Waals surface area contributed by atoms with Crippen LogP contribution in [0.1, 0.15) is 43.0 Å². The average Bonchev–Trinajstić information content (AvgIpc) is 3.33. The van der Waals surface area contributed by atoms with Gasteiger partial charge in [-0.2, -0.15) is 4.31 Å². The fourth-order valence-electron chi connectivity index (χ4n) is 5.20. The van der Waals surface area contributed by atoms with Gasteiger partial charge in [0.05, 0.1) is 10.5 Å². The summed E-state index contributed by atoms with van der Waals surface area (Å²) in [6.45, 7) is 0.222. The number of esters is 1. The minimum absolute atomic E-state index is 0.0231. The number of rotatable bonds is 6. The third kappa shape index (κ3) is 4.44. The number of ether oxygens (including phenoxy) is 1. The van der Waals surface area contributed by atoms with Gasteiger partial charge >= 0.3 is 5.97 Å². The maximum atomic E-state index is 13.3. The van der Waals surface area contributed by atoms with Crippen LogP contribution >= 0.6 is 0 Å². The van der Waals surface area contributed by atoms with Gasteiger partial charge < -0.3 is 4.74 Å². The molecule has 0 amide bonds. The Morgan fingerprint density at radius 3 is 2.32 bits per heavy atom. The molecule has 0 fully saturated rings. The Morgan fingerprint density at radius 2 is 1.47 bits per heavy atom. The summed E-state index contributed by atoms with van der Waals surface area (Å²) in [7, 11) is -3.81. The number of fused-ring (bicyclic) bond motifs is 4. The van der Waals surface area contributed by atoms with Crippen molar-refractivity contribution in [2.75, 3.05) is 13.2 Å². The number of nitrogens with zero attached hydrogens (tertiary/aromatic N) is 1. The average molecular weight is 524 g/mol. The van der Waals surface area contributed by atoms with Crippen LogP contribution < -0.4 is 0 Å². The van der Waals surface area contributed by atoms with E-state index in [4.69, 9.17) is 4.74 Å². The second-order valence-electron chi connectivity index (χ2n) is 9.59. The molecule has 1 aliphatic heterocycles. The molecule has 7 heteroatoms. The smallest absolute Gasteiger partial charge is 0.338 e. The van der Waals surface area contributed by atoms with Crippen LogP contribution in [0.4, 0.5) is 0 Å². The highest BCUT2D eigenvalue weighted by atomic mass is 32.2. The third-order valence-electron chi connectivity index (χ3n) is 7.26. The Balaban J connectivity index is 1.14. The van der Waals surface area contributed by atoms with Crippen molar-refractivity contribution in [3.05, 3.63) is 124 Å². The predicted molar refractivity (Wildman–Crippen MR) is 143 cm³/mol. The summed E-state index contributed by atoms with van der Waals surface area (Å²) >= 11 is 0. The molecule has 1 heterocycles. The summed E-state index contributed by atoms with van der Waals surface area (Å²) in [5.41, 5.74) is 7.20. The van der Waals surface area contributed by atoms with Crippen LogP contribution in [0.5, 0.6) is 0 Å². The lowest BCUT2D eigenvalue weighted by molar-refractivity contribution is 0.0474. The van der Waals surface area contributed by atoms with E-state index in [0.717, 1.165) is 34.2 Å². The first kappa shape index (κ1) is 24.3. The van der Waals surface area contributed by atoms with Crippen molar-refractivity contribution in [3.8, 4) is 11.1 Å². The molecule has 6 rings (SSSR count). The van der Waals surface area contributed by atoms with Gasteiger partial charge in [0, 0.05) is 18.7 Å². The summed E-state index contributed by atoms with van der Waals surface area (Å²) < 4.78 is 33.4. The number of carbonyl (C=O) groups excluding carboxylic acids is 2. The van der Waals surface area contributed by atoms with E-state index in [1.807, 2.05) is 54.6 Å². The Bertz CT molecular complexity index is 1690. The first-order valence-electron chi connectivity index (χ1n) is 12.5. The number of hydrogen-bond donors (Lipinski definition) is 0. The zero-order valence-corrected chi connectivity index (χ0v) is 21.4. The van der Waals surface area contributed by atoms with E-state index in [0.29, 0.717) is 18.5 Å². The Hall–Kier alpha value is -4.07. The van der Waals surface area contributed by atoms with Crippen molar-refractivity contribution in [2.24, 2.45) is 0 Å². The fourth-order valence-corrected chi connectivity index (χ4v) is 6.67. The molecule has 0 spiro atoms. The molecule has 0 radical (unpaired) electrons. The highest BCUT2D eigenvalue weighted by molar-refractivity contribution is 7.89. The van der Waals surface area contributed by atoms with Gasteiger partial charge in [0.25, 0.3) is 0 Å². The van der Waals surface area contributed by atoms with Gasteiger partial charge in [0.2, 0.25) is 10.0 Å². The largest absolute Gasteiger partial charge is 0.454 e. The second kappa shape index (κ2) is 9.67. The van der Waals surface area contributed by atoms with Crippen LogP contribution in [-0.2, 0) is 34.1 Å². The molecule has 0 aromatic heterocycles. The zero-order chi connectivity index (χ0) is 26.3. The van der Waals surface area contributed by atoms with E-state index in [9.17, 15) is 18.0 Å². The number of carbonyl (C=O) groups is 2. The molecule has 0 N–H and O–H groups in total. The van der Waals surface area contributed by atoms with E-state index in [1.165, 1.54) is 34.1 Å². The maximum Gasteiger partial charge on any atom is 0.338 e. The second-order valence-corrected chi connectivity index (χ2v) is 11.5. The quantitative estimate of drug-likeness (QED) is 0.230. The van der Waals surface area contributed by atoms with Crippen molar-refractivity contribution < 1.29 is 22.7 Å². The van der Waals surface area contributed by atoms with Gasteiger partial charge in [-0.05, 0) is 70.5 Å². The Labute approximate surface area is 221 Å². The number of benzene rings is 4. The van der Waals surface area contributed by atoms with E-state index in [2.05, 4.69) is 6.07 Å². The van der Waals surface area contributed by atoms with Crippen LogP contribution in [0.3, 0.4) is 0 Å². The standard InChI is InChI=1S/C31H25NO5S/c33-30(24-13-12-23-16-22-7-3-4-11-28(22)29(23)18-24)20-37-31(34)25-9-5-10-27(17-25)38(35,36)32-15-14-21-6-1-2-8-26(21)19-32/h1-13,17-18H,14-16,19-20H2. The molecular formula is C31H25NO5S. The van der Waals surface area contributed by atoms with Gasteiger partial charge in [0.1, 0.15) is 0 Å². The number of hydrogen-bond acceptors (Lipinski definition) is 5. The van der Waals surface area contributed by atoms with Crippen molar-refractivity contribution >= 4 is 21.8 Å². The van der Waals surface area contributed by atoms with Gasteiger partial charge in [-0.25, -0.2) is 13.2 Å². The van der Waals surface area contributed by atoms with Crippen LogP contribution in [0.25, 0.3) is 11.1 Å². The van der Waals surface area contributed by atoms with E-state index in [1.54, 1.807) is 6.07 Å². The molecule has 0 bridgehead atoms. The van der Waals surface area contributed by atoms with Crippen LogP contribution in [0, 0.1) is 0 Å². The lowest BCUT2D eigenvalue weighted by Crippen LogP contribution is -2.36. The molecule has 0 unspecified atom stereocenters. The Morgan fingerprint density at radius 1 is 0.737 bits per heavy atom. The Kier molecular flexibility index (Phi) is 6.18. The number of Topliss-reactive ketones (excluding diaryl/α,β-unsaturated/α-hetero) is 1. The van der Waals surface area contributed by atoms with Crippen molar-refractivity contribution in [3.63, 3.8) is 0 Å². The molecule has 4 aromatic carbocycles. The van der Waals surface area contributed by atoms with Gasteiger partial charge in [-0.15, -0.1) is 0 Å². The molecule has 1 aliphatic carbocycles. The molecule has 190 valence electrons. The molecule has 0 atom stereocenters. The summed E-state index contributed by atoms with van der Waals surface area (Å²) in [5.74, 6) is -1.06. The lowest BCUT2D eigenvalue weighted by Gasteiger charge is -2.28. The lowest BCUT2D eigenvalue weighted by atomic mass is 10.0. The minimum Gasteiger partial charge on any atom is -0.454 e. The van der Waals surface area contributed by atoms with Crippen molar-refractivity contribution in [2.45, 2.75) is 24.3 Å². The molecule has 2 aliphatic rings. The van der Waals surface area contributed by atoms with E-state index >= 15 is 0 Å². The van der Waals surface area contributed by atoms with Gasteiger partial charge in [0.15, 0.2) is 12.4 Å². The van der Waals surface area contributed by atoms with Crippen LogP contribution in [-0.4, -0.2) is 37.6 Å². The topological polar surface area (TPSA) is 80.8 Å². The van der Waals surface area contributed by atoms with Crippen molar-refractivity contribution in [1.82, 2.24) is 4.31 Å². The monoisotopic (exact) mass is 523 g/mol. The zero-order valence-electron chi connectivity index (χ0n) is 20.6. The summed E-state index contributed by atoms with van der Waals surface area (Å²) in [4.78, 5) is 25.6. The summed E-state index contributed by atoms with van der Waals surface area (Å²) in [6.07, 6.45) is 1.46. The molecule has 0 saturated carbocycles. The fraction of sp³-hybridized carbons (Fsp3) is 0.161.